The largest absolute Gasteiger partial charge is 0.481 e. The first kappa shape index (κ1) is 35.7. The van der Waals surface area contributed by atoms with Crippen LogP contribution in [0.5, 0.6) is 0 Å². The molecule has 3 N–H and O–H groups in total. The average Bonchev–Trinajstić information content (AvgIpc) is 2.91. The molecular formula is C28H31ClF6N2O6. The Morgan fingerprint density at radius 3 is 1.86 bits per heavy atom. The van der Waals surface area contributed by atoms with E-state index in [2.05, 4.69) is 0 Å². The molecule has 2 aromatic carbocycles. The lowest BCUT2D eigenvalue weighted by Crippen LogP contribution is -2.49. The predicted octanol–water partition coefficient (Wildman–Crippen LogP) is 5.68. The smallest absolute Gasteiger partial charge is 0.407 e. The Bertz CT molecular complexity index is 1280. The molecule has 4 rings (SSSR count). The van der Waals surface area contributed by atoms with E-state index in [9.17, 15) is 40.7 Å². The van der Waals surface area contributed by atoms with Crippen molar-refractivity contribution in [3.63, 3.8) is 0 Å². The van der Waals surface area contributed by atoms with Gasteiger partial charge in [0.15, 0.2) is 17.5 Å². The lowest BCUT2D eigenvalue weighted by atomic mass is 9.87. The molecular weight excluding hydrogens is 610 g/mol. The lowest BCUT2D eigenvalue weighted by Gasteiger charge is -2.38. The van der Waals surface area contributed by atoms with E-state index in [-0.39, 0.29) is 43.4 Å². The van der Waals surface area contributed by atoms with Crippen molar-refractivity contribution in [3.05, 3.63) is 70.5 Å². The van der Waals surface area contributed by atoms with Gasteiger partial charge >= 0.3 is 18.0 Å². The Kier molecular flexibility index (Phi) is 12.7. The topological polar surface area (TPSA) is 118 Å². The maximum atomic E-state index is 14.6. The zero-order valence-corrected chi connectivity index (χ0v) is 23.7. The second kappa shape index (κ2) is 15.3. The summed E-state index contributed by atoms with van der Waals surface area (Å²) in [6.07, 6.45) is -2.30. The van der Waals surface area contributed by atoms with E-state index in [1.54, 1.807) is 0 Å². The third-order valence-corrected chi connectivity index (χ3v) is 7.66. The quantitative estimate of drug-likeness (QED) is 0.275. The zero-order valence-electron chi connectivity index (χ0n) is 22.9. The van der Waals surface area contributed by atoms with Crippen LogP contribution in [0.25, 0.3) is 0 Å². The highest BCUT2D eigenvalue weighted by Crippen LogP contribution is 2.35. The summed E-state index contributed by atoms with van der Waals surface area (Å²) in [6, 6.07) is 2.65. The van der Waals surface area contributed by atoms with Crippen LogP contribution in [0.15, 0.2) is 30.3 Å². The molecule has 2 aliphatic rings. The minimum Gasteiger partial charge on any atom is -0.481 e. The van der Waals surface area contributed by atoms with Crippen LogP contribution < -0.4 is 0 Å². The minimum absolute atomic E-state index is 0. The molecule has 15 heteroatoms. The maximum Gasteiger partial charge on any atom is 0.407 e. The second-order valence-corrected chi connectivity index (χ2v) is 10.5. The number of aliphatic carboxylic acids is 2. The number of piperidine rings is 2. The summed E-state index contributed by atoms with van der Waals surface area (Å²) in [4.78, 5) is 36.0. The second-order valence-electron chi connectivity index (χ2n) is 10.5. The fraction of sp³-hybridized carbons (Fsp3) is 0.464. The van der Waals surface area contributed by atoms with Crippen LogP contribution in [0.2, 0.25) is 0 Å². The number of likely N-dealkylation sites (N-methyl/N-ethyl adjacent to an activating group) is 1. The molecule has 2 fully saturated rings. The van der Waals surface area contributed by atoms with Crippen LogP contribution in [0.3, 0.4) is 0 Å². The summed E-state index contributed by atoms with van der Waals surface area (Å²) in [5.41, 5.74) is -0.0101. The summed E-state index contributed by atoms with van der Waals surface area (Å²) in [7, 11) is 1.85. The first-order valence-corrected chi connectivity index (χ1v) is 13.1. The van der Waals surface area contributed by atoms with Crippen LogP contribution in [-0.2, 0) is 16.0 Å². The number of amides is 1. The number of likely N-dealkylation sites (tertiary alicyclic amines) is 2. The Labute approximate surface area is 249 Å². The Balaban J connectivity index is 0.000000295. The molecule has 0 bridgehead atoms. The van der Waals surface area contributed by atoms with E-state index < -0.39 is 71.2 Å². The molecule has 2 aliphatic heterocycles. The molecule has 0 spiro atoms. The van der Waals surface area contributed by atoms with E-state index in [1.165, 1.54) is 0 Å². The molecule has 2 heterocycles. The molecule has 1 amide bonds. The summed E-state index contributed by atoms with van der Waals surface area (Å²) in [5, 5.41) is 27.2. The van der Waals surface area contributed by atoms with Crippen LogP contribution in [-0.4, -0.2) is 75.4 Å². The average molecular weight is 641 g/mol. The standard InChI is InChI=1S/C14H14F3NO4.C14H16F3NO2.ClH/c15-9-3-8(4-10(16)6-9)12(17)11-5-7(13(19)20)1-2-18(11)14(21)22;1-18-3-2-9(14(19)20)7-10(18)4-8-5-11(15)13(17)12(16)6-8;/h3-4,6-7,11-12H,1-2,5H2,(H,19,20)(H,21,22);5-6,9-10H,2-4,7H2,1H3,(H,19,20);1H. The van der Waals surface area contributed by atoms with Crippen LogP contribution >= 0.6 is 12.4 Å². The third kappa shape index (κ3) is 9.23. The van der Waals surface area contributed by atoms with E-state index in [0.29, 0.717) is 37.4 Å². The first-order chi connectivity index (χ1) is 19.7. The number of halogens is 7. The van der Waals surface area contributed by atoms with Crippen LogP contribution in [0, 0.1) is 40.9 Å². The molecule has 238 valence electrons. The van der Waals surface area contributed by atoms with Crippen molar-refractivity contribution in [1.82, 2.24) is 9.80 Å². The molecule has 2 saturated heterocycles. The monoisotopic (exact) mass is 640 g/mol. The Morgan fingerprint density at radius 2 is 1.35 bits per heavy atom. The Morgan fingerprint density at radius 1 is 0.837 bits per heavy atom. The molecule has 0 radical (unpaired) electrons. The molecule has 2 aromatic rings. The van der Waals surface area contributed by atoms with Gasteiger partial charge < -0.3 is 25.1 Å². The number of carboxylic acids is 2. The predicted molar refractivity (Wildman–Crippen MR) is 143 cm³/mol. The van der Waals surface area contributed by atoms with Crippen molar-refractivity contribution < 1.29 is 56.0 Å². The van der Waals surface area contributed by atoms with Crippen molar-refractivity contribution in [2.75, 3.05) is 20.1 Å². The molecule has 5 atom stereocenters. The summed E-state index contributed by atoms with van der Waals surface area (Å²) >= 11 is 0. The summed E-state index contributed by atoms with van der Waals surface area (Å²) in [6.45, 7) is 0.475. The number of nitrogens with zero attached hydrogens (tertiary/aromatic N) is 2. The summed E-state index contributed by atoms with van der Waals surface area (Å²) < 4.78 is 80.2. The molecule has 0 aliphatic carbocycles. The summed E-state index contributed by atoms with van der Waals surface area (Å²) in [5.74, 6) is -9.19. The fourth-order valence-electron chi connectivity index (χ4n) is 5.32. The number of rotatable bonds is 6. The molecule has 5 unspecified atom stereocenters. The number of alkyl halides is 1. The highest BCUT2D eigenvalue weighted by molar-refractivity contribution is 5.85. The van der Waals surface area contributed by atoms with Gasteiger partial charge in [-0.2, -0.15) is 0 Å². The van der Waals surface area contributed by atoms with E-state index in [1.807, 2.05) is 11.9 Å². The van der Waals surface area contributed by atoms with Crippen molar-refractivity contribution in [2.45, 2.75) is 50.4 Å². The number of carboxylic acid groups (broad SMARTS) is 3. The number of hydrogen-bond donors (Lipinski definition) is 3. The van der Waals surface area contributed by atoms with E-state index in [4.69, 9.17) is 15.3 Å². The van der Waals surface area contributed by atoms with E-state index in [0.717, 1.165) is 29.2 Å². The van der Waals surface area contributed by atoms with Gasteiger partial charge in [-0.15, -0.1) is 12.4 Å². The zero-order chi connectivity index (χ0) is 31.3. The number of benzene rings is 2. The van der Waals surface area contributed by atoms with Gasteiger partial charge in [0, 0.05) is 18.7 Å². The van der Waals surface area contributed by atoms with Crippen molar-refractivity contribution >= 4 is 30.4 Å². The number of carbonyl (C=O) groups is 3. The molecule has 0 saturated carbocycles. The lowest BCUT2D eigenvalue weighted by molar-refractivity contribution is -0.145. The van der Waals surface area contributed by atoms with Crippen molar-refractivity contribution in [3.8, 4) is 0 Å². The van der Waals surface area contributed by atoms with E-state index >= 15 is 0 Å². The van der Waals surface area contributed by atoms with Crippen LogP contribution in [0.4, 0.5) is 31.1 Å². The van der Waals surface area contributed by atoms with Crippen molar-refractivity contribution in [1.29, 1.82) is 0 Å². The first-order valence-electron chi connectivity index (χ1n) is 13.1. The Hall–Kier alpha value is -3.52. The van der Waals surface area contributed by atoms with Crippen LogP contribution in [0.1, 0.15) is 43.0 Å². The van der Waals surface area contributed by atoms with Gasteiger partial charge in [-0.1, -0.05) is 0 Å². The maximum absolute atomic E-state index is 14.6. The molecule has 43 heavy (non-hydrogen) atoms. The molecule has 8 nitrogen and oxygen atoms in total. The number of hydrogen-bond acceptors (Lipinski definition) is 4. The van der Waals surface area contributed by atoms with Gasteiger partial charge in [0.1, 0.15) is 17.8 Å². The normalized spacial score (nSPS) is 22.9. The van der Waals surface area contributed by atoms with Gasteiger partial charge in [0.2, 0.25) is 0 Å². The highest BCUT2D eigenvalue weighted by atomic mass is 35.5. The molecule has 0 aromatic heterocycles. The highest BCUT2D eigenvalue weighted by Gasteiger charge is 2.40. The van der Waals surface area contributed by atoms with Gasteiger partial charge in [0.25, 0.3) is 0 Å². The third-order valence-electron chi connectivity index (χ3n) is 7.66. The fourth-order valence-corrected chi connectivity index (χ4v) is 5.32. The van der Waals surface area contributed by atoms with Gasteiger partial charge in [-0.25, -0.2) is 31.1 Å². The van der Waals surface area contributed by atoms with Gasteiger partial charge in [-0.3, -0.25) is 9.59 Å². The SMILES string of the molecule is CN1CCC(C(=O)O)CC1Cc1cc(F)c(F)c(F)c1.Cl.O=C(O)C1CCN(C(=O)O)C(C(F)c2cc(F)cc(F)c2)C1. The van der Waals surface area contributed by atoms with Gasteiger partial charge in [-0.05, 0) is 81.1 Å². The van der Waals surface area contributed by atoms with Crippen molar-refractivity contribution in [2.24, 2.45) is 11.8 Å². The van der Waals surface area contributed by atoms with Gasteiger partial charge in [0.05, 0.1) is 17.9 Å². The minimum atomic E-state index is -2.01.